The zero-order valence-corrected chi connectivity index (χ0v) is 19.2. The van der Waals surface area contributed by atoms with Crippen LogP contribution in [-0.2, 0) is 17.8 Å². The molecular formula is C28H32N2O3. The van der Waals surface area contributed by atoms with E-state index in [0.29, 0.717) is 6.61 Å². The molecule has 0 bridgehead atoms. The molecule has 1 aliphatic rings. The quantitative estimate of drug-likeness (QED) is 0.419. The number of ether oxygens (including phenoxy) is 1. The van der Waals surface area contributed by atoms with Gasteiger partial charge in [0.2, 0.25) is 0 Å². The van der Waals surface area contributed by atoms with Crippen LogP contribution in [0.3, 0.4) is 0 Å². The molecule has 33 heavy (non-hydrogen) atoms. The molecule has 3 aromatic carbocycles. The van der Waals surface area contributed by atoms with E-state index in [1.807, 2.05) is 61.5 Å². The van der Waals surface area contributed by atoms with Crippen LogP contribution >= 0.6 is 0 Å². The smallest absolute Gasteiger partial charge is 0.303 e. The minimum atomic E-state index is -0.765. The van der Waals surface area contributed by atoms with E-state index in [1.54, 1.807) is 0 Å². The first kappa shape index (κ1) is 22.7. The van der Waals surface area contributed by atoms with Gasteiger partial charge in [0.05, 0.1) is 13.0 Å². The van der Waals surface area contributed by atoms with E-state index < -0.39 is 5.97 Å². The molecule has 0 saturated carbocycles. The number of nitrogens with zero attached hydrogens (tertiary/aromatic N) is 1. The van der Waals surface area contributed by atoms with E-state index in [0.717, 1.165) is 49.5 Å². The van der Waals surface area contributed by atoms with Crippen molar-refractivity contribution in [3.8, 4) is 5.75 Å². The first-order chi connectivity index (χ1) is 16.1. The lowest BCUT2D eigenvalue weighted by Gasteiger charge is -2.32. The number of para-hydroxylation sites is 1. The van der Waals surface area contributed by atoms with Crippen molar-refractivity contribution in [2.45, 2.75) is 38.6 Å². The summed E-state index contributed by atoms with van der Waals surface area (Å²) in [4.78, 5) is 13.4. The van der Waals surface area contributed by atoms with Crippen molar-refractivity contribution in [3.05, 3.63) is 89.5 Å². The Morgan fingerprint density at radius 2 is 1.85 bits per heavy atom. The summed E-state index contributed by atoms with van der Waals surface area (Å²) < 4.78 is 5.92. The average Bonchev–Trinajstić information content (AvgIpc) is 2.83. The first-order valence-electron chi connectivity index (χ1n) is 11.7. The molecule has 0 fully saturated rings. The highest BCUT2D eigenvalue weighted by atomic mass is 16.5. The predicted octanol–water partition coefficient (Wildman–Crippen LogP) is 5.71. The maximum atomic E-state index is 11.0. The number of carboxylic acids is 1. The first-order valence-corrected chi connectivity index (χ1v) is 11.7. The number of rotatable bonds is 10. The Morgan fingerprint density at radius 3 is 2.61 bits per heavy atom. The highest BCUT2D eigenvalue weighted by Gasteiger charge is 2.19. The second kappa shape index (κ2) is 10.9. The molecule has 0 radical (unpaired) electrons. The SMILES string of the molecule is CC(CC(=O)O)c1ccc(NCc2cccc3c2CCCN3CCOc2ccccc2)cc1. The van der Waals surface area contributed by atoms with Crippen LogP contribution in [0.25, 0.3) is 0 Å². The van der Waals surface area contributed by atoms with E-state index in [1.165, 1.54) is 16.8 Å². The van der Waals surface area contributed by atoms with Crippen LogP contribution in [0, 0.1) is 0 Å². The highest BCUT2D eigenvalue weighted by molar-refractivity contribution is 5.68. The molecule has 0 aliphatic carbocycles. The van der Waals surface area contributed by atoms with Crippen molar-refractivity contribution in [1.29, 1.82) is 0 Å². The number of benzene rings is 3. The van der Waals surface area contributed by atoms with Gasteiger partial charge in [-0.2, -0.15) is 0 Å². The molecule has 2 N–H and O–H groups in total. The molecule has 0 amide bonds. The van der Waals surface area contributed by atoms with Crippen molar-refractivity contribution in [2.75, 3.05) is 29.9 Å². The fourth-order valence-electron chi connectivity index (χ4n) is 4.47. The fourth-order valence-corrected chi connectivity index (χ4v) is 4.47. The van der Waals surface area contributed by atoms with Crippen molar-refractivity contribution < 1.29 is 14.6 Å². The van der Waals surface area contributed by atoms with Gasteiger partial charge in [-0.1, -0.05) is 49.4 Å². The molecular weight excluding hydrogens is 412 g/mol. The second-order valence-electron chi connectivity index (χ2n) is 8.64. The van der Waals surface area contributed by atoms with Crippen LogP contribution in [0.2, 0.25) is 0 Å². The second-order valence-corrected chi connectivity index (χ2v) is 8.64. The van der Waals surface area contributed by atoms with Gasteiger partial charge < -0.3 is 20.1 Å². The summed E-state index contributed by atoms with van der Waals surface area (Å²) in [7, 11) is 0. The summed E-state index contributed by atoms with van der Waals surface area (Å²) in [6, 6.07) is 24.7. The molecule has 4 rings (SSSR count). The molecule has 0 aromatic heterocycles. The van der Waals surface area contributed by atoms with Gasteiger partial charge in [-0.3, -0.25) is 4.79 Å². The van der Waals surface area contributed by atoms with E-state index in [9.17, 15) is 4.79 Å². The third kappa shape index (κ3) is 6.07. The van der Waals surface area contributed by atoms with Gasteiger partial charge in [0.1, 0.15) is 12.4 Å². The molecule has 5 nitrogen and oxygen atoms in total. The maximum Gasteiger partial charge on any atom is 0.303 e. The topological polar surface area (TPSA) is 61.8 Å². The number of hydrogen-bond acceptors (Lipinski definition) is 4. The van der Waals surface area contributed by atoms with E-state index in [4.69, 9.17) is 9.84 Å². The van der Waals surface area contributed by atoms with Gasteiger partial charge >= 0.3 is 5.97 Å². The summed E-state index contributed by atoms with van der Waals surface area (Å²) in [5.41, 5.74) is 6.15. The Hall–Kier alpha value is -3.47. The predicted molar refractivity (Wildman–Crippen MR) is 133 cm³/mol. The van der Waals surface area contributed by atoms with E-state index in [-0.39, 0.29) is 12.3 Å². The van der Waals surface area contributed by atoms with Gasteiger partial charge in [-0.25, -0.2) is 0 Å². The normalized spacial score (nSPS) is 13.8. The zero-order chi connectivity index (χ0) is 23.0. The summed E-state index contributed by atoms with van der Waals surface area (Å²) in [6.07, 6.45) is 2.39. The van der Waals surface area contributed by atoms with Crippen LogP contribution in [0.5, 0.6) is 5.75 Å². The Bertz CT molecular complexity index is 1050. The van der Waals surface area contributed by atoms with Crippen LogP contribution in [-0.4, -0.2) is 30.8 Å². The van der Waals surface area contributed by atoms with E-state index in [2.05, 4.69) is 28.4 Å². The van der Waals surface area contributed by atoms with E-state index >= 15 is 0 Å². The number of fused-ring (bicyclic) bond motifs is 1. The van der Waals surface area contributed by atoms with Crippen LogP contribution in [0.4, 0.5) is 11.4 Å². The number of aliphatic carboxylic acids is 1. The average molecular weight is 445 g/mol. The number of anilines is 2. The lowest BCUT2D eigenvalue weighted by molar-refractivity contribution is -0.137. The standard InChI is InChI=1S/C28H32N2O3/c1-21(19-28(31)32)22-12-14-24(15-13-22)29-20-23-7-5-11-27-26(23)10-6-16-30(27)17-18-33-25-8-3-2-4-9-25/h2-5,7-9,11-15,21,29H,6,10,16-20H2,1H3,(H,31,32). The Kier molecular flexibility index (Phi) is 7.51. The summed E-state index contributed by atoms with van der Waals surface area (Å²) in [6.45, 7) is 5.30. The number of hydrogen-bond donors (Lipinski definition) is 2. The Morgan fingerprint density at radius 1 is 1.06 bits per heavy atom. The van der Waals surface area contributed by atoms with Crippen molar-refractivity contribution in [1.82, 2.24) is 0 Å². The Labute approximate surface area is 196 Å². The van der Waals surface area contributed by atoms with Gasteiger partial charge in [-0.15, -0.1) is 0 Å². The Balaban J connectivity index is 1.36. The third-order valence-corrected chi connectivity index (χ3v) is 6.26. The minimum absolute atomic E-state index is 0.00884. The highest BCUT2D eigenvalue weighted by Crippen LogP contribution is 2.30. The third-order valence-electron chi connectivity index (χ3n) is 6.26. The fraction of sp³-hybridized carbons (Fsp3) is 0.321. The molecule has 0 saturated heterocycles. The molecule has 1 heterocycles. The molecule has 1 atom stereocenters. The summed E-state index contributed by atoms with van der Waals surface area (Å²) >= 11 is 0. The van der Waals surface area contributed by atoms with Gasteiger partial charge in [0.15, 0.2) is 0 Å². The molecule has 1 unspecified atom stereocenters. The van der Waals surface area contributed by atoms with Gasteiger partial charge in [0.25, 0.3) is 0 Å². The number of carboxylic acid groups (broad SMARTS) is 1. The maximum absolute atomic E-state index is 11.0. The molecule has 3 aromatic rings. The lowest BCUT2D eigenvalue weighted by Crippen LogP contribution is -2.33. The molecule has 1 aliphatic heterocycles. The van der Waals surface area contributed by atoms with Crippen LogP contribution < -0.4 is 15.0 Å². The lowest BCUT2D eigenvalue weighted by atomic mass is 9.96. The van der Waals surface area contributed by atoms with Crippen LogP contribution in [0.1, 0.15) is 42.4 Å². The van der Waals surface area contributed by atoms with Crippen molar-refractivity contribution in [3.63, 3.8) is 0 Å². The van der Waals surface area contributed by atoms with Gasteiger partial charge in [-0.05, 0) is 65.8 Å². The van der Waals surface area contributed by atoms with Crippen molar-refractivity contribution in [2.24, 2.45) is 0 Å². The summed E-state index contributed by atoms with van der Waals surface area (Å²) in [5.74, 6) is 0.157. The molecule has 0 spiro atoms. The number of nitrogens with one attached hydrogen (secondary N) is 1. The monoisotopic (exact) mass is 444 g/mol. The largest absolute Gasteiger partial charge is 0.492 e. The zero-order valence-electron chi connectivity index (χ0n) is 19.2. The number of carbonyl (C=O) groups is 1. The minimum Gasteiger partial charge on any atom is -0.492 e. The molecule has 172 valence electrons. The van der Waals surface area contributed by atoms with Crippen LogP contribution in [0.15, 0.2) is 72.8 Å². The van der Waals surface area contributed by atoms with Crippen molar-refractivity contribution >= 4 is 17.3 Å². The molecule has 5 heteroatoms. The van der Waals surface area contributed by atoms with Gasteiger partial charge in [0, 0.05) is 24.5 Å². The summed E-state index contributed by atoms with van der Waals surface area (Å²) in [5, 5.41) is 12.5.